The zero-order chi connectivity index (χ0) is 13.9. The van der Waals surface area contributed by atoms with Crippen LogP contribution in [0.4, 0.5) is 0 Å². The van der Waals surface area contributed by atoms with Crippen LogP contribution in [-0.4, -0.2) is 23.5 Å². The van der Waals surface area contributed by atoms with Crippen molar-refractivity contribution in [3.63, 3.8) is 0 Å². The van der Waals surface area contributed by atoms with Crippen LogP contribution in [0.3, 0.4) is 0 Å². The zero-order valence-corrected chi connectivity index (χ0v) is 12.3. The molecular formula is C18H22N2. The maximum Gasteiger partial charge on any atom is 0.0469 e. The van der Waals surface area contributed by atoms with E-state index in [2.05, 4.69) is 54.7 Å². The fraction of sp³-hybridized carbons (Fsp3) is 0.444. The van der Waals surface area contributed by atoms with Crippen LogP contribution in [0.1, 0.15) is 37.1 Å². The maximum absolute atomic E-state index is 4.44. The Labute approximate surface area is 120 Å². The molecule has 1 unspecified atom stereocenters. The van der Waals surface area contributed by atoms with Gasteiger partial charge in [0.2, 0.25) is 0 Å². The van der Waals surface area contributed by atoms with E-state index in [1.165, 1.54) is 47.1 Å². The standard InChI is InChI=1S/C18H22N2/c1-4-12-13-9-10-20(3)18(12)16-14-7-5-6-8-15(14)19-17(16)11(13)2/h5-8,12-13,18-19H,2,4,9-10H2,1,3H3/t12-,13-,18?/m0/s1. The molecule has 2 heteroatoms. The molecule has 1 saturated heterocycles. The topological polar surface area (TPSA) is 19.0 Å². The first kappa shape index (κ1) is 12.2. The maximum atomic E-state index is 4.44. The van der Waals surface area contributed by atoms with E-state index < -0.39 is 0 Å². The highest BCUT2D eigenvalue weighted by Crippen LogP contribution is 2.53. The van der Waals surface area contributed by atoms with Crippen LogP contribution in [0.2, 0.25) is 0 Å². The lowest BCUT2D eigenvalue weighted by atomic mass is 9.66. The van der Waals surface area contributed by atoms with Crippen molar-refractivity contribution in [2.24, 2.45) is 11.8 Å². The summed E-state index contributed by atoms with van der Waals surface area (Å²) in [7, 11) is 2.28. The number of nitrogens with zero attached hydrogens (tertiary/aromatic N) is 1. The summed E-state index contributed by atoms with van der Waals surface area (Å²) in [5, 5.41) is 1.39. The number of fused-ring (bicyclic) bond motifs is 6. The van der Waals surface area contributed by atoms with Gasteiger partial charge in [-0.25, -0.2) is 0 Å². The van der Waals surface area contributed by atoms with E-state index in [4.69, 9.17) is 0 Å². The van der Waals surface area contributed by atoms with E-state index in [-0.39, 0.29) is 0 Å². The molecule has 20 heavy (non-hydrogen) atoms. The molecule has 1 N–H and O–H groups in total. The number of hydrogen-bond donors (Lipinski definition) is 1. The quantitative estimate of drug-likeness (QED) is 0.819. The molecule has 4 rings (SSSR count). The molecule has 1 aromatic heterocycles. The van der Waals surface area contributed by atoms with Crippen molar-refractivity contribution in [2.45, 2.75) is 25.8 Å². The average molecular weight is 266 g/mol. The van der Waals surface area contributed by atoms with Crippen molar-refractivity contribution in [3.8, 4) is 0 Å². The number of allylic oxidation sites excluding steroid dienone is 1. The number of rotatable bonds is 1. The third kappa shape index (κ3) is 1.43. The van der Waals surface area contributed by atoms with Crippen molar-refractivity contribution >= 4 is 16.5 Å². The van der Waals surface area contributed by atoms with Crippen molar-refractivity contribution in [1.82, 2.24) is 9.88 Å². The van der Waals surface area contributed by atoms with Crippen LogP contribution in [0.25, 0.3) is 16.5 Å². The Morgan fingerprint density at radius 2 is 2.15 bits per heavy atom. The summed E-state index contributed by atoms with van der Waals surface area (Å²) in [6.07, 6.45) is 2.48. The second-order valence-electron chi connectivity index (χ2n) is 6.38. The van der Waals surface area contributed by atoms with E-state index >= 15 is 0 Å². The summed E-state index contributed by atoms with van der Waals surface area (Å²) in [5.74, 6) is 1.37. The van der Waals surface area contributed by atoms with E-state index in [9.17, 15) is 0 Å². The molecule has 104 valence electrons. The van der Waals surface area contributed by atoms with Crippen LogP contribution in [-0.2, 0) is 0 Å². The lowest BCUT2D eigenvalue weighted by molar-refractivity contribution is 0.0839. The SMILES string of the molecule is C=C1c2[nH]c3ccccc3c2C2[C@@H](CC)[C@H]1CCN2C. The first-order valence-corrected chi connectivity index (χ1v) is 7.72. The number of aromatic nitrogens is 1. The molecule has 1 aliphatic heterocycles. The van der Waals surface area contributed by atoms with Gasteiger partial charge in [-0.2, -0.15) is 0 Å². The molecule has 0 spiro atoms. The van der Waals surface area contributed by atoms with Gasteiger partial charge in [-0.3, -0.25) is 4.90 Å². The van der Waals surface area contributed by atoms with Crippen molar-refractivity contribution in [2.75, 3.05) is 13.6 Å². The predicted molar refractivity (Wildman–Crippen MR) is 84.6 cm³/mol. The Morgan fingerprint density at radius 1 is 1.35 bits per heavy atom. The zero-order valence-electron chi connectivity index (χ0n) is 12.3. The molecule has 2 aliphatic rings. The van der Waals surface area contributed by atoms with Crippen LogP contribution in [0, 0.1) is 11.8 Å². The summed E-state index contributed by atoms with van der Waals surface area (Å²) in [6, 6.07) is 9.25. The Balaban J connectivity index is 2.03. The number of likely N-dealkylation sites (tertiary alicyclic amines) is 1. The van der Waals surface area contributed by atoms with E-state index in [1.54, 1.807) is 0 Å². The molecule has 0 radical (unpaired) electrons. The number of benzene rings is 1. The minimum absolute atomic E-state index is 0.551. The largest absolute Gasteiger partial charge is 0.355 e. The van der Waals surface area contributed by atoms with Crippen molar-refractivity contribution in [1.29, 1.82) is 0 Å². The second kappa shape index (κ2) is 4.23. The molecule has 1 fully saturated rings. The minimum Gasteiger partial charge on any atom is -0.355 e. The molecule has 2 aromatic rings. The van der Waals surface area contributed by atoms with Gasteiger partial charge in [0.05, 0.1) is 0 Å². The predicted octanol–water partition coefficient (Wildman–Crippen LogP) is 4.21. The molecule has 0 amide bonds. The lowest BCUT2D eigenvalue weighted by Crippen LogP contribution is -2.44. The summed E-state index contributed by atoms with van der Waals surface area (Å²) in [4.78, 5) is 6.19. The number of aromatic amines is 1. The van der Waals surface area contributed by atoms with Crippen molar-refractivity contribution < 1.29 is 0 Å². The van der Waals surface area contributed by atoms with Gasteiger partial charge in [-0.15, -0.1) is 0 Å². The molecule has 1 aromatic carbocycles. The van der Waals surface area contributed by atoms with Gasteiger partial charge in [0.15, 0.2) is 0 Å². The Bertz CT molecular complexity index is 682. The van der Waals surface area contributed by atoms with Gasteiger partial charge in [-0.05, 0) is 43.5 Å². The van der Waals surface area contributed by atoms with Crippen LogP contribution in [0.15, 0.2) is 30.8 Å². The van der Waals surface area contributed by atoms with E-state index in [0.717, 1.165) is 0 Å². The van der Waals surface area contributed by atoms with E-state index in [0.29, 0.717) is 17.9 Å². The highest BCUT2D eigenvalue weighted by Gasteiger charge is 2.44. The summed E-state index contributed by atoms with van der Waals surface area (Å²) in [5.41, 5.74) is 5.41. The monoisotopic (exact) mass is 266 g/mol. The average Bonchev–Trinajstić information content (AvgIpc) is 2.85. The van der Waals surface area contributed by atoms with E-state index in [1.807, 2.05) is 0 Å². The molecular weight excluding hydrogens is 244 g/mol. The van der Waals surface area contributed by atoms with Crippen LogP contribution < -0.4 is 0 Å². The first-order valence-electron chi connectivity index (χ1n) is 7.72. The summed E-state index contributed by atoms with van der Waals surface area (Å²) < 4.78 is 0. The second-order valence-corrected chi connectivity index (χ2v) is 6.38. The van der Waals surface area contributed by atoms with Gasteiger partial charge >= 0.3 is 0 Å². The highest BCUT2D eigenvalue weighted by atomic mass is 15.1. The third-order valence-electron chi connectivity index (χ3n) is 5.47. The first-order chi connectivity index (χ1) is 9.72. The molecule has 2 bridgehead atoms. The third-order valence-corrected chi connectivity index (χ3v) is 5.47. The Kier molecular flexibility index (Phi) is 2.58. The fourth-order valence-corrected chi connectivity index (χ4v) is 4.53. The van der Waals surface area contributed by atoms with Gasteiger partial charge in [0.25, 0.3) is 0 Å². The number of para-hydroxylation sites is 1. The molecule has 0 saturated carbocycles. The summed E-state index contributed by atoms with van der Waals surface area (Å²) in [6.45, 7) is 7.96. The Morgan fingerprint density at radius 3 is 2.95 bits per heavy atom. The fourth-order valence-electron chi connectivity index (χ4n) is 4.53. The molecule has 2 heterocycles. The van der Waals surface area contributed by atoms with Gasteiger partial charge in [0, 0.05) is 28.2 Å². The molecule has 1 aliphatic carbocycles. The number of nitrogens with one attached hydrogen (secondary N) is 1. The Hall–Kier alpha value is -1.54. The van der Waals surface area contributed by atoms with Crippen LogP contribution in [0.5, 0.6) is 0 Å². The lowest BCUT2D eigenvalue weighted by Gasteiger charge is -2.48. The van der Waals surface area contributed by atoms with Gasteiger partial charge < -0.3 is 4.98 Å². The minimum atomic E-state index is 0.551. The van der Waals surface area contributed by atoms with Gasteiger partial charge in [0.1, 0.15) is 0 Å². The summed E-state index contributed by atoms with van der Waals surface area (Å²) >= 11 is 0. The van der Waals surface area contributed by atoms with Crippen molar-refractivity contribution in [3.05, 3.63) is 42.1 Å². The number of hydrogen-bond acceptors (Lipinski definition) is 1. The number of H-pyrrole nitrogens is 1. The normalized spacial score (nSPS) is 29.7. The van der Waals surface area contributed by atoms with Crippen LogP contribution >= 0.6 is 0 Å². The van der Waals surface area contributed by atoms with Gasteiger partial charge in [-0.1, -0.05) is 38.1 Å². The molecule has 2 nitrogen and oxygen atoms in total. The number of piperidine rings is 1. The highest BCUT2D eigenvalue weighted by molar-refractivity contribution is 5.91. The smallest absolute Gasteiger partial charge is 0.0469 e. The molecule has 3 atom stereocenters.